The van der Waals surface area contributed by atoms with Crippen molar-refractivity contribution in [3.63, 3.8) is 0 Å². The molecule has 1 aromatic heterocycles. The lowest BCUT2D eigenvalue weighted by Crippen LogP contribution is -2.25. The molecule has 8 heteroatoms. The van der Waals surface area contributed by atoms with Crippen molar-refractivity contribution in [2.24, 2.45) is 10.2 Å². The van der Waals surface area contributed by atoms with Crippen molar-refractivity contribution < 1.29 is 14.3 Å². The standard InChI is InChI=1S/C14H12N4O3S/c1-2-21-8-3-4-9-11(7-8)22-14(15-9)16-13(20)10-5-6-12(19)18-17-10/h3-7,10H,2H2,1H3,(H,15,16,20). The molecule has 2 heterocycles. The fraction of sp³-hybridized carbons (Fsp3) is 0.214. The number of nitrogens with zero attached hydrogens (tertiary/aromatic N) is 3. The maximum atomic E-state index is 12.0. The minimum absolute atomic E-state index is 0.378. The fourth-order valence-corrected chi connectivity index (χ4v) is 2.80. The smallest absolute Gasteiger partial charge is 0.287 e. The molecule has 2 aromatic rings. The monoisotopic (exact) mass is 316 g/mol. The third-order valence-electron chi connectivity index (χ3n) is 2.87. The van der Waals surface area contributed by atoms with Crippen molar-refractivity contribution in [3.05, 3.63) is 30.4 Å². The maximum absolute atomic E-state index is 12.0. The highest BCUT2D eigenvalue weighted by molar-refractivity contribution is 7.22. The number of nitrogens with one attached hydrogen (secondary N) is 1. The summed E-state index contributed by atoms with van der Waals surface area (Å²) in [5.74, 6) is -0.0804. The molecule has 7 nitrogen and oxygen atoms in total. The first-order chi connectivity index (χ1) is 10.7. The van der Waals surface area contributed by atoms with Crippen molar-refractivity contribution >= 4 is 38.5 Å². The van der Waals surface area contributed by atoms with Crippen LogP contribution in [-0.4, -0.2) is 29.4 Å². The lowest BCUT2D eigenvalue weighted by Gasteiger charge is -2.07. The fourth-order valence-electron chi connectivity index (χ4n) is 1.90. The zero-order valence-electron chi connectivity index (χ0n) is 11.6. The highest BCUT2D eigenvalue weighted by atomic mass is 32.1. The van der Waals surface area contributed by atoms with Gasteiger partial charge in [0.05, 0.1) is 16.8 Å². The Morgan fingerprint density at radius 2 is 2.32 bits per heavy atom. The summed E-state index contributed by atoms with van der Waals surface area (Å²) < 4.78 is 6.35. The molecular formula is C14H12N4O3S. The largest absolute Gasteiger partial charge is 0.494 e. The van der Waals surface area contributed by atoms with E-state index in [1.807, 2.05) is 25.1 Å². The minimum atomic E-state index is -0.802. The van der Waals surface area contributed by atoms with Gasteiger partial charge in [-0.2, -0.15) is 5.11 Å². The summed E-state index contributed by atoms with van der Waals surface area (Å²) >= 11 is 1.34. The minimum Gasteiger partial charge on any atom is -0.494 e. The summed E-state index contributed by atoms with van der Waals surface area (Å²) in [5, 5.41) is 10.1. The van der Waals surface area contributed by atoms with Crippen LogP contribution in [0, 0.1) is 0 Å². The second-order valence-electron chi connectivity index (χ2n) is 4.43. The zero-order chi connectivity index (χ0) is 15.5. The Labute approximate surface area is 129 Å². The quantitative estimate of drug-likeness (QED) is 0.938. The molecule has 0 radical (unpaired) electrons. The molecule has 1 aliphatic heterocycles. The second-order valence-corrected chi connectivity index (χ2v) is 5.46. The number of fused-ring (bicyclic) bond motifs is 1. The lowest BCUT2D eigenvalue weighted by atomic mass is 10.2. The Hall–Kier alpha value is -2.61. The zero-order valence-corrected chi connectivity index (χ0v) is 12.5. The summed E-state index contributed by atoms with van der Waals surface area (Å²) in [6, 6.07) is 4.75. The van der Waals surface area contributed by atoms with Gasteiger partial charge in [0.1, 0.15) is 5.75 Å². The normalized spacial score (nSPS) is 17.0. The SMILES string of the molecule is CCOc1ccc2nc(NC(=O)C3C=CC(=O)N=N3)sc2c1. The van der Waals surface area contributed by atoms with E-state index < -0.39 is 11.9 Å². The van der Waals surface area contributed by atoms with Gasteiger partial charge in [0.15, 0.2) is 11.2 Å². The molecule has 0 bridgehead atoms. The van der Waals surface area contributed by atoms with Gasteiger partial charge < -0.3 is 4.74 Å². The van der Waals surface area contributed by atoms with E-state index in [9.17, 15) is 9.59 Å². The molecule has 0 aliphatic carbocycles. The number of ether oxygens (including phenoxy) is 1. The molecule has 1 N–H and O–H groups in total. The van der Waals surface area contributed by atoms with Crippen LogP contribution in [0.3, 0.4) is 0 Å². The number of rotatable bonds is 4. The van der Waals surface area contributed by atoms with E-state index in [0.717, 1.165) is 16.0 Å². The second kappa shape index (κ2) is 6.02. The van der Waals surface area contributed by atoms with Crippen LogP contribution in [0.4, 0.5) is 5.13 Å². The first-order valence-corrected chi connectivity index (χ1v) is 7.44. The molecule has 0 fully saturated rings. The molecule has 0 saturated carbocycles. The molecule has 1 atom stereocenters. The predicted octanol–water partition coefficient (Wildman–Crippen LogP) is 2.55. The number of hydrogen-bond acceptors (Lipinski definition) is 6. The van der Waals surface area contributed by atoms with E-state index in [2.05, 4.69) is 20.5 Å². The van der Waals surface area contributed by atoms with Crippen molar-refractivity contribution in [1.29, 1.82) is 0 Å². The molecule has 1 aromatic carbocycles. The van der Waals surface area contributed by atoms with Crippen LogP contribution in [0.1, 0.15) is 6.92 Å². The summed E-state index contributed by atoms with van der Waals surface area (Å²) in [6.45, 7) is 2.51. The first-order valence-electron chi connectivity index (χ1n) is 6.63. The molecule has 1 aliphatic rings. The molecule has 3 rings (SSSR count). The van der Waals surface area contributed by atoms with Crippen LogP contribution in [0.15, 0.2) is 40.6 Å². The van der Waals surface area contributed by atoms with Gasteiger partial charge in [-0.05, 0) is 31.2 Å². The Morgan fingerprint density at radius 1 is 1.45 bits per heavy atom. The van der Waals surface area contributed by atoms with Crippen LogP contribution in [0.25, 0.3) is 10.2 Å². The van der Waals surface area contributed by atoms with Gasteiger partial charge in [-0.15, -0.1) is 5.11 Å². The van der Waals surface area contributed by atoms with Crippen LogP contribution >= 0.6 is 11.3 Å². The number of thiazole rings is 1. The Kier molecular flexibility index (Phi) is 3.92. The van der Waals surface area contributed by atoms with E-state index in [1.165, 1.54) is 23.5 Å². The number of azo groups is 1. The van der Waals surface area contributed by atoms with Gasteiger partial charge in [0.2, 0.25) is 0 Å². The lowest BCUT2D eigenvalue weighted by molar-refractivity contribution is -0.117. The van der Waals surface area contributed by atoms with Crippen molar-refractivity contribution in [3.8, 4) is 5.75 Å². The highest BCUT2D eigenvalue weighted by Crippen LogP contribution is 2.29. The van der Waals surface area contributed by atoms with E-state index in [-0.39, 0.29) is 5.91 Å². The maximum Gasteiger partial charge on any atom is 0.287 e. The number of hydrogen-bond donors (Lipinski definition) is 1. The van der Waals surface area contributed by atoms with Gasteiger partial charge >= 0.3 is 0 Å². The van der Waals surface area contributed by atoms with Crippen molar-refractivity contribution in [1.82, 2.24) is 4.98 Å². The number of benzene rings is 1. The van der Waals surface area contributed by atoms with Crippen molar-refractivity contribution in [2.45, 2.75) is 13.0 Å². The Morgan fingerprint density at radius 3 is 3.05 bits per heavy atom. The van der Waals surface area contributed by atoms with Gasteiger partial charge in [-0.1, -0.05) is 11.3 Å². The molecule has 112 valence electrons. The van der Waals surface area contributed by atoms with Gasteiger partial charge in [-0.25, -0.2) is 4.98 Å². The first kappa shape index (κ1) is 14.3. The summed E-state index contributed by atoms with van der Waals surface area (Å²) in [6.07, 6.45) is 2.63. The van der Waals surface area contributed by atoms with Gasteiger partial charge in [0, 0.05) is 6.08 Å². The molecule has 22 heavy (non-hydrogen) atoms. The topological polar surface area (TPSA) is 93.0 Å². The number of carbonyl (C=O) groups is 2. The average molecular weight is 316 g/mol. The van der Waals surface area contributed by atoms with Crippen LogP contribution < -0.4 is 10.1 Å². The number of carbonyl (C=O) groups excluding carboxylic acids is 2. The molecule has 0 saturated heterocycles. The summed E-state index contributed by atoms with van der Waals surface area (Å²) in [7, 11) is 0. The molecular weight excluding hydrogens is 304 g/mol. The molecule has 0 spiro atoms. The number of amides is 2. The third-order valence-corrected chi connectivity index (χ3v) is 3.81. The summed E-state index contributed by atoms with van der Waals surface area (Å²) in [4.78, 5) is 27.3. The van der Waals surface area contributed by atoms with Gasteiger partial charge in [-0.3, -0.25) is 14.9 Å². The van der Waals surface area contributed by atoms with Crippen LogP contribution in [0.5, 0.6) is 5.75 Å². The van der Waals surface area contributed by atoms with Crippen LogP contribution in [-0.2, 0) is 9.59 Å². The Balaban J connectivity index is 1.76. The van der Waals surface area contributed by atoms with Crippen LogP contribution in [0.2, 0.25) is 0 Å². The summed E-state index contributed by atoms with van der Waals surface area (Å²) in [5.41, 5.74) is 0.778. The van der Waals surface area contributed by atoms with Crippen molar-refractivity contribution in [2.75, 3.05) is 11.9 Å². The third kappa shape index (κ3) is 3.01. The molecule has 2 amide bonds. The average Bonchev–Trinajstić information content (AvgIpc) is 2.89. The van der Waals surface area contributed by atoms with E-state index in [1.54, 1.807) is 0 Å². The van der Waals surface area contributed by atoms with Gasteiger partial charge in [0.25, 0.3) is 11.8 Å². The number of aromatic nitrogens is 1. The van der Waals surface area contributed by atoms with E-state index in [0.29, 0.717) is 11.7 Å². The highest BCUT2D eigenvalue weighted by Gasteiger charge is 2.19. The Bertz CT molecular complexity index is 780. The molecule has 1 unspecified atom stereocenters. The van der Waals surface area contributed by atoms with E-state index >= 15 is 0 Å². The van der Waals surface area contributed by atoms with E-state index in [4.69, 9.17) is 4.74 Å². The predicted molar refractivity (Wildman–Crippen MR) is 82.2 cm³/mol. The number of anilines is 1.